The van der Waals surface area contributed by atoms with Gasteiger partial charge in [0.05, 0.1) is 19.1 Å². The average Bonchev–Trinajstić information content (AvgIpc) is 2.28. The topological polar surface area (TPSA) is 84.6 Å². The van der Waals surface area contributed by atoms with Gasteiger partial charge in [0.15, 0.2) is 0 Å². The van der Waals surface area contributed by atoms with Crippen LogP contribution < -0.4 is 15.8 Å². The summed E-state index contributed by atoms with van der Waals surface area (Å²) >= 11 is 0. The molecule has 4 N–H and O–H groups in total. The molecule has 1 atom stereocenters. The van der Waals surface area contributed by atoms with E-state index in [9.17, 15) is 4.79 Å². The van der Waals surface area contributed by atoms with Gasteiger partial charge in [-0.15, -0.1) is 0 Å². The number of ether oxygens (including phenoxy) is 1. The van der Waals surface area contributed by atoms with Crippen molar-refractivity contribution in [3.05, 3.63) is 24.3 Å². The normalized spacial score (nSPS) is 11.9. The van der Waals surface area contributed by atoms with Crippen LogP contribution in [0.3, 0.4) is 0 Å². The maximum absolute atomic E-state index is 11.4. The van der Waals surface area contributed by atoms with E-state index in [0.717, 1.165) is 0 Å². The molecule has 5 heteroatoms. The third kappa shape index (κ3) is 6.10. The Balaban J connectivity index is 2.15. The van der Waals surface area contributed by atoms with Crippen molar-refractivity contribution in [1.29, 1.82) is 0 Å². The Labute approximate surface area is 107 Å². The standard InChI is InChI=1S/C13H20N2O3/c1-10(16)5-7-15-13(17)6-8-18-12-4-2-3-11(14)9-12/h2-4,9-10,16H,5-8,14H2,1H3,(H,15,17). The van der Waals surface area contributed by atoms with Crippen molar-refractivity contribution in [2.45, 2.75) is 25.9 Å². The molecule has 0 radical (unpaired) electrons. The van der Waals surface area contributed by atoms with E-state index in [2.05, 4.69) is 5.32 Å². The van der Waals surface area contributed by atoms with Crippen LogP contribution in [-0.2, 0) is 4.79 Å². The van der Waals surface area contributed by atoms with Crippen LogP contribution in [0.5, 0.6) is 5.75 Å². The summed E-state index contributed by atoms with van der Waals surface area (Å²) in [6, 6.07) is 7.08. The highest BCUT2D eigenvalue weighted by molar-refractivity contribution is 5.75. The molecule has 0 saturated carbocycles. The number of nitrogens with one attached hydrogen (secondary N) is 1. The molecule has 0 aliphatic heterocycles. The summed E-state index contributed by atoms with van der Waals surface area (Å²) in [6.07, 6.45) is 0.449. The Kier molecular flexibility index (Phi) is 6.00. The van der Waals surface area contributed by atoms with Gasteiger partial charge in [0, 0.05) is 18.3 Å². The summed E-state index contributed by atoms with van der Waals surface area (Å²) < 4.78 is 5.39. The first-order chi connectivity index (χ1) is 8.58. The lowest BCUT2D eigenvalue weighted by Gasteiger charge is -2.08. The molecule has 0 heterocycles. The number of benzene rings is 1. The fourth-order valence-electron chi connectivity index (χ4n) is 1.37. The molecule has 0 aliphatic carbocycles. The lowest BCUT2D eigenvalue weighted by molar-refractivity contribution is -0.121. The van der Waals surface area contributed by atoms with Crippen molar-refractivity contribution in [3.8, 4) is 5.75 Å². The molecule has 18 heavy (non-hydrogen) atoms. The second-order valence-corrected chi connectivity index (χ2v) is 4.16. The van der Waals surface area contributed by atoms with Crippen molar-refractivity contribution >= 4 is 11.6 Å². The van der Waals surface area contributed by atoms with Crippen LogP contribution in [0.2, 0.25) is 0 Å². The zero-order valence-electron chi connectivity index (χ0n) is 10.6. The number of hydrogen-bond donors (Lipinski definition) is 3. The number of hydrogen-bond acceptors (Lipinski definition) is 4. The second kappa shape index (κ2) is 7.55. The van der Waals surface area contributed by atoms with Gasteiger partial charge in [-0.3, -0.25) is 4.79 Å². The van der Waals surface area contributed by atoms with Gasteiger partial charge in [0.2, 0.25) is 5.91 Å². The van der Waals surface area contributed by atoms with Gasteiger partial charge in [0.25, 0.3) is 0 Å². The van der Waals surface area contributed by atoms with Crippen LogP contribution in [0.4, 0.5) is 5.69 Å². The summed E-state index contributed by atoms with van der Waals surface area (Å²) in [6.45, 7) is 2.48. The van der Waals surface area contributed by atoms with Crippen LogP contribution in [0.25, 0.3) is 0 Å². The van der Waals surface area contributed by atoms with Gasteiger partial charge in [-0.1, -0.05) is 6.07 Å². The fourth-order valence-corrected chi connectivity index (χ4v) is 1.37. The molecule has 1 amide bonds. The van der Waals surface area contributed by atoms with Crippen molar-refractivity contribution in [2.75, 3.05) is 18.9 Å². The molecule has 0 saturated heterocycles. The number of aliphatic hydroxyl groups excluding tert-OH is 1. The fraction of sp³-hybridized carbons (Fsp3) is 0.462. The van der Waals surface area contributed by atoms with E-state index in [-0.39, 0.29) is 12.3 Å². The van der Waals surface area contributed by atoms with Gasteiger partial charge in [-0.2, -0.15) is 0 Å². The van der Waals surface area contributed by atoms with E-state index >= 15 is 0 Å². The summed E-state index contributed by atoms with van der Waals surface area (Å²) in [5.74, 6) is 0.575. The maximum Gasteiger partial charge on any atom is 0.223 e. The largest absolute Gasteiger partial charge is 0.493 e. The second-order valence-electron chi connectivity index (χ2n) is 4.16. The van der Waals surface area contributed by atoms with Crippen molar-refractivity contribution in [3.63, 3.8) is 0 Å². The molecule has 1 unspecified atom stereocenters. The van der Waals surface area contributed by atoms with E-state index in [4.69, 9.17) is 15.6 Å². The molecule has 0 aliphatic rings. The number of carbonyl (C=O) groups excluding carboxylic acids is 1. The van der Waals surface area contributed by atoms with Crippen molar-refractivity contribution < 1.29 is 14.6 Å². The molecule has 0 spiro atoms. The molecular weight excluding hydrogens is 232 g/mol. The molecule has 1 aromatic carbocycles. The Morgan fingerprint density at radius 3 is 3.00 bits per heavy atom. The number of nitrogen functional groups attached to an aromatic ring is 1. The minimum absolute atomic E-state index is 0.0837. The van der Waals surface area contributed by atoms with E-state index in [1.165, 1.54) is 0 Å². The molecule has 1 rings (SSSR count). The molecule has 1 aromatic rings. The molecule has 100 valence electrons. The smallest absolute Gasteiger partial charge is 0.223 e. The van der Waals surface area contributed by atoms with Gasteiger partial charge in [0.1, 0.15) is 5.75 Å². The first-order valence-electron chi connectivity index (χ1n) is 6.01. The van der Waals surface area contributed by atoms with Gasteiger partial charge in [-0.25, -0.2) is 0 Å². The summed E-state index contributed by atoms with van der Waals surface area (Å²) in [5.41, 5.74) is 6.23. The number of aliphatic hydroxyl groups is 1. The van der Waals surface area contributed by atoms with Gasteiger partial charge in [-0.05, 0) is 25.5 Å². The molecule has 5 nitrogen and oxygen atoms in total. The average molecular weight is 252 g/mol. The SMILES string of the molecule is CC(O)CCNC(=O)CCOc1cccc(N)c1. The number of amides is 1. The minimum atomic E-state index is -0.395. The van der Waals surface area contributed by atoms with E-state index < -0.39 is 6.10 Å². The Morgan fingerprint density at radius 1 is 1.56 bits per heavy atom. The third-order valence-corrected chi connectivity index (χ3v) is 2.34. The van der Waals surface area contributed by atoms with Gasteiger partial charge >= 0.3 is 0 Å². The molecule has 0 fully saturated rings. The Bertz CT molecular complexity index is 380. The number of nitrogens with two attached hydrogens (primary N) is 1. The quantitative estimate of drug-likeness (QED) is 0.630. The monoisotopic (exact) mass is 252 g/mol. The Hall–Kier alpha value is -1.75. The molecule has 0 bridgehead atoms. The summed E-state index contributed by atoms with van der Waals surface area (Å²) in [7, 11) is 0. The minimum Gasteiger partial charge on any atom is -0.493 e. The van der Waals surface area contributed by atoms with E-state index in [0.29, 0.717) is 31.0 Å². The predicted octanol–water partition coefficient (Wildman–Crippen LogP) is 0.925. The van der Waals surface area contributed by atoms with Crippen LogP contribution in [0.15, 0.2) is 24.3 Å². The lowest BCUT2D eigenvalue weighted by atomic mass is 10.3. The molecule has 0 aromatic heterocycles. The Morgan fingerprint density at radius 2 is 2.33 bits per heavy atom. The van der Waals surface area contributed by atoms with Gasteiger partial charge < -0.3 is 20.9 Å². The number of anilines is 1. The van der Waals surface area contributed by atoms with Crippen LogP contribution >= 0.6 is 0 Å². The first-order valence-corrected chi connectivity index (χ1v) is 6.01. The zero-order valence-corrected chi connectivity index (χ0v) is 10.6. The van der Waals surface area contributed by atoms with Crippen LogP contribution in [0, 0.1) is 0 Å². The highest BCUT2D eigenvalue weighted by Gasteiger charge is 2.02. The highest BCUT2D eigenvalue weighted by atomic mass is 16.5. The van der Waals surface area contributed by atoms with Crippen LogP contribution in [0.1, 0.15) is 19.8 Å². The van der Waals surface area contributed by atoms with E-state index in [1.54, 1.807) is 31.2 Å². The lowest BCUT2D eigenvalue weighted by Crippen LogP contribution is -2.27. The van der Waals surface area contributed by atoms with Crippen molar-refractivity contribution in [1.82, 2.24) is 5.32 Å². The maximum atomic E-state index is 11.4. The zero-order chi connectivity index (χ0) is 13.4. The van der Waals surface area contributed by atoms with E-state index in [1.807, 2.05) is 0 Å². The highest BCUT2D eigenvalue weighted by Crippen LogP contribution is 2.14. The number of rotatable bonds is 7. The summed E-state index contributed by atoms with van der Waals surface area (Å²) in [4.78, 5) is 11.4. The summed E-state index contributed by atoms with van der Waals surface area (Å²) in [5, 5.41) is 11.7. The predicted molar refractivity (Wildman–Crippen MR) is 70.3 cm³/mol. The number of carbonyl (C=O) groups is 1. The molecular formula is C13H20N2O3. The first kappa shape index (κ1) is 14.3. The third-order valence-electron chi connectivity index (χ3n) is 2.34. The van der Waals surface area contributed by atoms with Crippen LogP contribution in [-0.4, -0.2) is 30.3 Å². The van der Waals surface area contributed by atoms with Crippen molar-refractivity contribution in [2.24, 2.45) is 0 Å².